The minimum atomic E-state index is -0.573. The maximum atomic E-state index is 12.5. The van der Waals surface area contributed by atoms with E-state index in [2.05, 4.69) is 0 Å². The van der Waals surface area contributed by atoms with Crippen LogP contribution in [-0.4, -0.2) is 50.8 Å². The standard InChI is InChI=1S/C22H27NO6/c1-5-23(14-16-10-11-19(28-6-2)20(12-16)27-4)21(24)15-29-22(25)17-8-7-9-18(13-17)26-3/h7-13H,5-6,14-15H2,1-4H3. The summed E-state index contributed by atoms with van der Waals surface area (Å²) in [5.74, 6) is 0.954. The van der Waals surface area contributed by atoms with E-state index in [-0.39, 0.29) is 12.5 Å². The summed E-state index contributed by atoms with van der Waals surface area (Å²) in [6.07, 6.45) is 0. The van der Waals surface area contributed by atoms with Crippen molar-refractivity contribution in [3.8, 4) is 17.2 Å². The van der Waals surface area contributed by atoms with Gasteiger partial charge in [-0.25, -0.2) is 4.79 Å². The van der Waals surface area contributed by atoms with Crippen LogP contribution < -0.4 is 14.2 Å². The van der Waals surface area contributed by atoms with Crippen LogP contribution in [0.4, 0.5) is 0 Å². The number of methoxy groups -OCH3 is 2. The quantitative estimate of drug-likeness (QED) is 0.569. The molecule has 2 aromatic carbocycles. The Labute approximate surface area is 171 Å². The van der Waals surface area contributed by atoms with Gasteiger partial charge in [-0.05, 0) is 49.7 Å². The first-order valence-electron chi connectivity index (χ1n) is 9.41. The number of hydrogen-bond donors (Lipinski definition) is 0. The fourth-order valence-corrected chi connectivity index (χ4v) is 2.73. The summed E-state index contributed by atoms with van der Waals surface area (Å²) in [5, 5.41) is 0. The third-order valence-corrected chi connectivity index (χ3v) is 4.27. The van der Waals surface area contributed by atoms with Crippen molar-refractivity contribution in [3.05, 3.63) is 53.6 Å². The van der Waals surface area contributed by atoms with E-state index in [9.17, 15) is 9.59 Å². The molecule has 0 N–H and O–H groups in total. The van der Waals surface area contributed by atoms with Gasteiger partial charge in [0.05, 0.1) is 26.4 Å². The number of likely N-dealkylation sites (N-methyl/N-ethyl adjacent to an activating group) is 1. The second-order valence-electron chi connectivity index (χ2n) is 6.13. The van der Waals surface area contributed by atoms with Crippen molar-refractivity contribution in [1.82, 2.24) is 4.90 Å². The maximum Gasteiger partial charge on any atom is 0.338 e. The predicted octanol–water partition coefficient (Wildman–Crippen LogP) is 3.31. The lowest BCUT2D eigenvalue weighted by Gasteiger charge is -2.21. The third kappa shape index (κ3) is 6.14. The number of amides is 1. The molecule has 2 aromatic rings. The highest BCUT2D eigenvalue weighted by atomic mass is 16.5. The number of esters is 1. The number of hydrogen-bond acceptors (Lipinski definition) is 6. The molecule has 7 nitrogen and oxygen atoms in total. The molecule has 0 saturated heterocycles. The molecule has 2 rings (SSSR count). The summed E-state index contributed by atoms with van der Waals surface area (Å²) in [6, 6.07) is 12.1. The van der Waals surface area contributed by atoms with Crippen molar-refractivity contribution in [2.45, 2.75) is 20.4 Å². The van der Waals surface area contributed by atoms with Gasteiger partial charge >= 0.3 is 5.97 Å². The van der Waals surface area contributed by atoms with Crippen LogP contribution >= 0.6 is 0 Å². The number of ether oxygens (including phenoxy) is 4. The Kier molecular flexibility index (Phi) is 8.33. The van der Waals surface area contributed by atoms with Crippen molar-refractivity contribution in [2.75, 3.05) is 34.0 Å². The van der Waals surface area contributed by atoms with E-state index in [1.54, 1.807) is 36.3 Å². The molecule has 1 amide bonds. The van der Waals surface area contributed by atoms with Gasteiger partial charge in [0.15, 0.2) is 18.1 Å². The van der Waals surface area contributed by atoms with E-state index in [1.165, 1.54) is 7.11 Å². The van der Waals surface area contributed by atoms with Gasteiger partial charge in [-0.15, -0.1) is 0 Å². The van der Waals surface area contributed by atoms with Gasteiger partial charge in [0.1, 0.15) is 5.75 Å². The largest absolute Gasteiger partial charge is 0.497 e. The van der Waals surface area contributed by atoms with Gasteiger partial charge in [0.2, 0.25) is 0 Å². The summed E-state index contributed by atoms with van der Waals surface area (Å²) in [4.78, 5) is 26.3. The first-order chi connectivity index (χ1) is 14.0. The van der Waals surface area contributed by atoms with Gasteiger partial charge < -0.3 is 23.8 Å². The van der Waals surface area contributed by atoms with Gasteiger partial charge in [0.25, 0.3) is 5.91 Å². The zero-order valence-corrected chi connectivity index (χ0v) is 17.3. The average Bonchev–Trinajstić information content (AvgIpc) is 2.76. The van der Waals surface area contributed by atoms with Crippen molar-refractivity contribution in [3.63, 3.8) is 0 Å². The first kappa shape index (κ1) is 22.1. The maximum absolute atomic E-state index is 12.5. The van der Waals surface area contributed by atoms with E-state index < -0.39 is 5.97 Å². The van der Waals surface area contributed by atoms with E-state index in [4.69, 9.17) is 18.9 Å². The number of carbonyl (C=O) groups excluding carboxylic acids is 2. The van der Waals surface area contributed by atoms with Crippen LogP contribution in [0, 0.1) is 0 Å². The van der Waals surface area contributed by atoms with Crippen LogP contribution in [0.1, 0.15) is 29.8 Å². The minimum absolute atomic E-state index is 0.281. The van der Waals surface area contributed by atoms with E-state index in [1.807, 2.05) is 32.0 Å². The normalized spacial score (nSPS) is 10.2. The Morgan fingerprint density at radius 3 is 2.41 bits per heavy atom. The second kappa shape index (κ2) is 10.9. The topological polar surface area (TPSA) is 74.3 Å². The molecule has 0 radical (unpaired) electrons. The Morgan fingerprint density at radius 2 is 1.76 bits per heavy atom. The highest BCUT2D eigenvalue weighted by molar-refractivity contribution is 5.91. The Hall–Kier alpha value is -3.22. The van der Waals surface area contributed by atoms with Crippen molar-refractivity contribution in [1.29, 1.82) is 0 Å². The molecule has 0 unspecified atom stereocenters. The highest BCUT2D eigenvalue weighted by Crippen LogP contribution is 2.28. The van der Waals surface area contributed by atoms with Gasteiger partial charge in [-0.2, -0.15) is 0 Å². The summed E-state index contributed by atoms with van der Waals surface area (Å²) in [5.41, 5.74) is 1.22. The molecule has 0 spiro atoms. The fraction of sp³-hybridized carbons (Fsp3) is 0.364. The Balaban J connectivity index is 1.98. The van der Waals surface area contributed by atoms with Crippen LogP contribution in [0.25, 0.3) is 0 Å². The van der Waals surface area contributed by atoms with Crippen LogP contribution in [0.3, 0.4) is 0 Å². The van der Waals surface area contributed by atoms with Crippen LogP contribution in [0.2, 0.25) is 0 Å². The van der Waals surface area contributed by atoms with Gasteiger partial charge in [-0.3, -0.25) is 4.79 Å². The number of carbonyl (C=O) groups is 2. The lowest BCUT2D eigenvalue weighted by atomic mass is 10.2. The SMILES string of the molecule is CCOc1ccc(CN(CC)C(=O)COC(=O)c2cccc(OC)c2)cc1OC. The Bertz CT molecular complexity index is 836. The summed E-state index contributed by atoms with van der Waals surface area (Å²) in [7, 11) is 3.09. The molecule has 0 aromatic heterocycles. The molecular formula is C22H27NO6. The molecule has 0 fully saturated rings. The molecule has 0 atom stereocenters. The molecular weight excluding hydrogens is 374 g/mol. The monoisotopic (exact) mass is 401 g/mol. The molecule has 0 heterocycles. The second-order valence-corrected chi connectivity index (χ2v) is 6.13. The number of benzene rings is 2. The van der Waals surface area contributed by atoms with Crippen molar-refractivity contribution < 1.29 is 28.5 Å². The minimum Gasteiger partial charge on any atom is -0.497 e. The summed E-state index contributed by atoms with van der Waals surface area (Å²) >= 11 is 0. The molecule has 0 bridgehead atoms. The lowest BCUT2D eigenvalue weighted by molar-refractivity contribution is -0.134. The van der Waals surface area contributed by atoms with E-state index in [0.29, 0.717) is 42.5 Å². The predicted molar refractivity (Wildman–Crippen MR) is 109 cm³/mol. The number of nitrogens with zero attached hydrogens (tertiary/aromatic N) is 1. The molecule has 156 valence electrons. The molecule has 0 aliphatic carbocycles. The lowest BCUT2D eigenvalue weighted by Crippen LogP contribution is -2.34. The highest BCUT2D eigenvalue weighted by Gasteiger charge is 2.17. The first-order valence-corrected chi connectivity index (χ1v) is 9.41. The van der Waals surface area contributed by atoms with Gasteiger partial charge in [-0.1, -0.05) is 12.1 Å². The molecule has 0 saturated carbocycles. The van der Waals surface area contributed by atoms with Crippen LogP contribution in [-0.2, 0) is 16.1 Å². The molecule has 0 aliphatic heterocycles. The smallest absolute Gasteiger partial charge is 0.338 e. The van der Waals surface area contributed by atoms with Crippen LogP contribution in [0.5, 0.6) is 17.2 Å². The average molecular weight is 401 g/mol. The van der Waals surface area contributed by atoms with E-state index in [0.717, 1.165) is 5.56 Å². The fourth-order valence-electron chi connectivity index (χ4n) is 2.73. The van der Waals surface area contributed by atoms with Crippen molar-refractivity contribution >= 4 is 11.9 Å². The van der Waals surface area contributed by atoms with Crippen LogP contribution in [0.15, 0.2) is 42.5 Å². The third-order valence-electron chi connectivity index (χ3n) is 4.27. The molecule has 29 heavy (non-hydrogen) atoms. The molecule has 7 heteroatoms. The zero-order chi connectivity index (χ0) is 21.2. The summed E-state index contributed by atoms with van der Waals surface area (Å²) in [6.45, 7) is 4.82. The summed E-state index contributed by atoms with van der Waals surface area (Å²) < 4.78 is 21.1. The number of rotatable bonds is 10. The Morgan fingerprint density at radius 1 is 0.966 bits per heavy atom. The molecule has 0 aliphatic rings. The van der Waals surface area contributed by atoms with E-state index >= 15 is 0 Å². The van der Waals surface area contributed by atoms with Gasteiger partial charge in [0, 0.05) is 13.1 Å². The zero-order valence-electron chi connectivity index (χ0n) is 17.3. The van der Waals surface area contributed by atoms with Crippen molar-refractivity contribution in [2.24, 2.45) is 0 Å².